The predicted molar refractivity (Wildman–Crippen MR) is 71.3 cm³/mol. The monoisotopic (exact) mass is 230 g/mol. The number of hydrogen-bond acceptors (Lipinski definition) is 1. The maximum absolute atomic E-state index is 11.3. The molecule has 1 aromatic carbocycles. The minimum Gasteiger partial charge on any atom is -0.300 e. The highest BCUT2D eigenvalue weighted by molar-refractivity contribution is 5.78. The Labute approximate surface area is 104 Å². The molecule has 0 amide bonds. The molecule has 1 heteroatoms. The molecule has 1 aliphatic rings. The second kappa shape index (κ2) is 6.00. The smallest absolute Gasteiger partial charge is 0.134 e. The summed E-state index contributed by atoms with van der Waals surface area (Å²) in [7, 11) is 0. The summed E-state index contributed by atoms with van der Waals surface area (Å²) < 4.78 is 0. The molecule has 0 atom stereocenters. The lowest BCUT2D eigenvalue weighted by molar-refractivity contribution is -0.116. The summed E-state index contributed by atoms with van der Waals surface area (Å²) >= 11 is 0. The zero-order valence-corrected chi connectivity index (χ0v) is 10.7. The maximum atomic E-state index is 11.3. The third kappa shape index (κ3) is 3.42. The maximum Gasteiger partial charge on any atom is 0.134 e. The average molecular weight is 230 g/mol. The van der Waals surface area contributed by atoms with Crippen LogP contribution in [0.15, 0.2) is 24.3 Å². The zero-order chi connectivity index (χ0) is 12.1. The molecular formula is C16H22O. The Balaban J connectivity index is 2.20. The van der Waals surface area contributed by atoms with Crippen LogP contribution in [0.25, 0.3) is 0 Å². The molecule has 0 saturated heterocycles. The fraction of sp³-hybridized carbons (Fsp3) is 0.562. The molecule has 1 saturated carbocycles. The Morgan fingerprint density at radius 1 is 1.12 bits per heavy atom. The van der Waals surface area contributed by atoms with Crippen LogP contribution in [0.5, 0.6) is 0 Å². The molecule has 1 fully saturated rings. The van der Waals surface area contributed by atoms with Crippen LogP contribution < -0.4 is 0 Å². The topological polar surface area (TPSA) is 17.1 Å². The SMILES string of the molecule is CC(=O)Cc1ccccc1C1CCCCCC1. The van der Waals surface area contributed by atoms with Gasteiger partial charge in [-0.1, -0.05) is 49.9 Å². The molecule has 0 radical (unpaired) electrons. The van der Waals surface area contributed by atoms with Crippen LogP contribution in [0, 0.1) is 0 Å². The number of rotatable bonds is 3. The van der Waals surface area contributed by atoms with Crippen molar-refractivity contribution in [3.63, 3.8) is 0 Å². The highest BCUT2D eigenvalue weighted by Gasteiger charge is 2.17. The first-order valence-corrected chi connectivity index (χ1v) is 6.84. The third-order valence-corrected chi connectivity index (χ3v) is 3.79. The second-order valence-electron chi connectivity index (χ2n) is 5.27. The quantitative estimate of drug-likeness (QED) is 0.709. The number of ketones is 1. The number of hydrogen-bond donors (Lipinski definition) is 0. The van der Waals surface area contributed by atoms with Crippen LogP contribution >= 0.6 is 0 Å². The van der Waals surface area contributed by atoms with Crippen molar-refractivity contribution < 1.29 is 4.79 Å². The van der Waals surface area contributed by atoms with Crippen molar-refractivity contribution in [3.8, 4) is 0 Å². The normalized spacial score (nSPS) is 17.7. The minimum atomic E-state index is 0.270. The fourth-order valence-electron chi connectivity index (χ4n) is 2.95. The van der Waals surface area contributed by atoms with Crippen molar-refractivity contribution in [3.05, 3.63) is 35.4 Å². The lowest BCUT2D eigenvalue weighted by Crippen LogP contribution is -2.05. The van der Waals surface area contributed by atoms with E-state index in [0.717, 1.165) is 0 Å². The summed E-state index contributed by atoms with van der Waals surface area (Å²) in [5.74, 6) is 0.958. The largest absolute Gasteiger partial charge is 0.300 e. The van der Waals surface area contributed by atoms with Crippen LogP contribution in [0.1, 0.15) is 62.5 Å². The molecule has 1 aromatic rings. The lowest BCUT2D eigenvalue weighted by atomic mass is 9.87. The van der Waals surface area contributed by atoms with E-state index < -0.39 is 0 Å². The standard InChI is InChI=1S/C16H22O/c1-13(17)12-15-10-6-7-11-16(15)14-8-4-2-3-5-9-14/h6-7,10-11,14H,2-5,8-9,12H2,1H3. The van der Waals surface area contributed by atoms with Crippen molar-refractivity contribution in [2.75, 3.05) is 0 Å². The molecule has 0 heterocycles. The van der Waals surface area contributed by atoms with Crippen molar-refractivity contribution >= 4 is 5.78 Å². The van der Waals surface area contributed by atoms with E-state index in [1.54, 1.807) is 6.92 Å². The first-order valence-electron chi connectivity index (χ1n) is 6.84. The van der Waals surface area contributed by atoms with Gasteiger partial charge in [-0.3, -0.25) is 4.79 Å². The van der Waals surface area contributed by atoms with Crippen molar-refractivity contribution in [1.29, 1.82) is 0 Å². The van der Waals surface area contributed by atoms with E-state index in [-0.39, 0.29) is 5.78 Å². The Kier molecular flexibility index (Phi) is 4.36. The summed E-state index contributed by atoms with van der Waals surface area (Å²) in [4.78, 5) is 11.3. The van der Waals surface area contributed by atoms with Gasteiger partial charge in [-0.25, -0.2) is 0 Å². The van der Waals surface area contributed by atoms with E-state index >= 15 is 0 Å². The molecule has 1 nitrogen and oxygen atoms in total. The number of Topliss-reactive ketones (excluding diaryl/α,β-unsaturated/α-hetero) is 1. The van der Waals surface area contributed by atoms with E-state index in [0.29, 0.717) is 12.3 Å². The molecule has 0 unspecified atom stereocenters. The molecule has 1 aliphatic carbocycles. The highest BCUT2D eigenvalue weighted by Crippen LogP contribution is 2.33. The van der Waals surface area contributed by atoms with Gasteiger partial charge in [-0.2, -0.15) is 0 Å². The van der Waals surface area contributed by atoms with Gasteiger partial charge >= 0.3 is 0 Å². The summed E-state index contributed by atoms with van der Waals surface area (Å²) in [5.41, 5.74) is 2.69. The summed E-state index contributed by atoms with van der Waals surface area (Å²) in [6, 6.07) is 8.53. The van der Waals surface area contributed by atoms with E-state index in [1.165, 1.54) is 49.7 Å². The van der Waals surface area contributed by atoms with Gasteiger partial charge in [0.1, 0.15) is 5.78 Å². The van der Waals surface area contributed by atoms with Gasteiger partial charge in [0, 0.05) is 6.42 Å². The van der Waals surface area contributed by atoms with Gasteiger partial charge in [0.25, 0.3) is 0 Å². The molecule has 0 aliphatic heterocycles. The summed E-state index contributed by atoms with van der Waals surface area (Å²) in [6.07, 6.45) is 8.66. The third-order valence-electron chi connectivity index (χ3n) is 3.79. The van der Waals surface area contributed by atoms with Gasteiger partial charge < -0.3 is 0 Å². The molecule has 0 bridgehead atoms. The number of carbonyl (C=O) groups excluding carboxylic acids is 1. The molecule has 0 spiro atoms. The molecular weight excluding hydrogens is 208 g/mol. The highest BCUT2D eigenvalue weighted by atomic mass is 16.1. The van der Waals surface area contributed by atoms with Gasteiger partial charge in [0.2, 0.25) is 0 Å². The van der Waals surface area contributed by atoms with Crippen LogP contribution in [0.2, 0.25) is 0 Å². The predicted octanol–water partition coefficient (Wildman–Crippen LogP) is 4.26. The van der Waals surface area contributed by atoms with Gasteiger partial charge in [-0.15, -0.1) is 0 Å². The second-order valence-corrected chi connectivity index (χ2v) is 5.27. The number of benzene rings is 1. The van der Waals surface area contributed by atoms with Gasteiger partial charge in [-0.05, 0) is 36.8 Å². The van der Waals surface area contributed by atoms with Crippen LogP contribution in [0.4, 0.5) is 0 Å². The first kappa shape index (κ1) is 12.3. The minimum absolute atomic E-state index is 0.270. The van der Waals surface area contributed by atoms with Crippen LogP contribution in [0.3, 0.4) is 0 Å². The Hall–Kier alpha value is -1.11. The van der Waals surface area contributed by atoms with Crippen LogP contribution in [-0.4, -0.2) is 5.78 Å². The van der Waals surface area contributed by atoms with Gasteiger partial charge in [0.15, 0.2) is 0 Å². The van der Waals surface area contributed by atoms with E-state index in [1.807, 2.05) is 0 Å². The van der Waals surface area contributed by atoms with Crippen molar-refractivity contribution in [1.82, 2.24) is 0 Å². The van der Waals surface area contributed by atoms with Crippen LogP contribution in [-0.2, 0) is 11.2 Å². The Morgan fingerprint density at radius 3 is 2.41 bits per heavy atom. The lowest BCUT2D eigenvalue weighted by Gasteiger charge is -2.18. The summed E-state index contributed by atoms with van der Waals surface area (Å²) in [6.45, 7) is 1.68. The van der Waals surface area contributed by atoms with E-state index in [9.17, 15) is 4.79 Å². The van der Waals surface area contributed by atoms with E-state index in [4.69, 9.17) is 0 Å². The number of carbonyl (C=O) groups is 1. The molecule has 17 heavy (non-hydrogen) atoms. The first-order chi connectivity index (χ1) is 8.27. The molecule has 92 valence electrons. The van der Waals surface area contributed by atoms with Gasteiger partial charge in [0.05, 0.1) is 0 Å². The van der Waals surface area contributed by atoms with Crippen molar-refractivity contribution in [2.45, 2.75) is 57.8 Å². The summed E-state index contributed by atoms with van der Waals surface area (Å²) in [5, 5.41) is 0. The van der Waals surface area contributed by atoms with Crippen molar-refractivity contribution in [2.24, 2.45) is 0 Å². The Morgan fingerprint density at radius 2 is 1.76 bits per heavy atom. The molecule has 0 N–H and O–H groups in total. The average Bonchev–Trinajstić information content (AvgIpc) is 2.57. The van der Waals surface area contributed by atoms with E-state index in [2.05, 4.69) is 24.3 Å². The molecule has 2 rings (SSSR count). The zero-order valence-electron chi connectivity index (χ0n) is 10.7. The Bertz CT molecular complexity index is 373. The molecule has 0 aromatic heterocycles. The fourth-order valence-corrected chi connectivity index (χ4v) is 2.95.